The van der Waals surface area contributed by atoms with Crippen molar-refractivity contribution in [2.45, 2.75) is 26.5 Å². The molecule has 1 aliphatic heterocycles. The van der Waals surface area contributed by atoms with Gasteiger partial charge in [0, 0.05) is 12.5 Å². The highest BCUT2D eigenvalue weighted by molar-refractivity contribution is 7.53. The van der Waals surface area contributed by atoms with Gasteiger partial charge in [-0.05, 0) is 13.8 Å². The molecule has 0 aliphatic carbocycles. The van der Waals surface area contributed by atoms with Gasteiger partial charge in [0.1, 0.15) is 12.7 Å². The molecule has 11 heteroatoms. The highest BCUT2D eigenvalue weighted by Gasteiger charge is 2.29. The summed E-state index contributed by atoms with van der Waals surface area (Å²) in [6.45, 7) is 4.03. The van der Waals surface area contributed by atoms with Crippen molar-refractivity contribution in [3.63, 3.8) is 0 Å². The van der Waals surface area contributed by atoms with Crippen molar-refractivity contribution in [1.82, 2.24) is 19.5 Å². The average molecular weight is 384 g/mol. The quantitative estimate of drug-likeness (QED) is 0.603. The fourth-order valence-corrected chi connectivity index (χ4v) is 3.82. The molecule has 2 aromatic rings. The van der Waals surface area contributed by atoms with Crippen LogP contribution in [0.3, 0.4) is 0 Å². The van der Waals surface area contributed by atoms with Crippen molar-refractivity contribution in [2.24, 2.45) is 0 Å². The van der Waals surface area contributed by atoms with Crippen molar-refractivity contribution in [3.8, 4) is 5.88 Å². The van der Waals surface area contributed by atoms with E-state index in [1.165, 1.54) is 13.4 Å². The van der Waals surface area contributed by atoms with Crippen molar-refractivity contribution >= 4 is 18.8 Å². The molecular formula is C15H21N4O6P. The van der Waals surface area contributed by atoms with Gasteiger partial charge in [0.15, 0.2) is 23.7 Å². The number of hydrogen-bond donors (Lipinski definition) is 0. The number of aromatic nitrogens is 4. The van der Waals surface area contributed by atoms with Crippen LogP contribution < -0.4 is 4.74 Å². The summed E-state index contributed by atoms with van der Waals surface area (Å²) in [5.41, 5.74) is 1.14. The molecule has 1 unspecified atom stereocenters. The van der Waals surface area contributed by atoms with E-state index < -0.39 is 7.60 Å². The maximum Gasteiger partial charge on any atom is 0.367 e. The zero-order valence-electron chi connectivity index (χ0n) is 14.8. The van der Waals surface area contributed by atoms with Gasteiger partial charge in [-0.1, -0.05) is 0 Å². The van der Waals surface area contributed by atoms with E-state index in [0.29, 0.717) is 23.5 Å². The number of methoxy groups -OCH3 is 1. The summed E-state index contributed by atoms with van der Waals surface area (Å²) in [4.78, 5) is 12.5. The third-order valence-electron chi connectivity index (χ3n) is 3.58. The zero-order valence-corrected chi connectivity index (χ0v) is 15.7. The molecule has 0 N–H and O–H groups in total. The van der Waals surface area contributed by atoms with Gasteiger partial charge in [0.2, 0.25) is 5.88 Å². The van der Waals surface area contributed by atoms with E-state index in [-0.39, 0.29) is 31.7 Å². The topological polar surface area (TPSA) is 107 Å². The predicted molar refractivity (Wildman–Crippen MR) is 91.5 cm³/mol. The van der Waals surface area contributed by atoms with Gasteiger partial charge in [0.25, 0.3) is 5.95 Å². The predicted octanol–water partition coefficient (Wildman–Crippen LogP) is 2.84. The van der Waals surface area contributed by atoms with E-state index >= 15 is 0 Å². The fourth-order valence-electron chi connectivity index (χ4n) is 2.53. The second-order valence-electron chi connectivity index (χ2n) is 5.26. The Labute approximate surface area is 150 Å². The summed E-state index contributed by atoms with van der Waals surface area (Å²) >= 11 is 0. The van der Waals surface area contributed by atoms with Gasteiger partial charge >= 0.3 is 7.60 Å². The number of ether oxygens (including phenoxy) is 3. The maximum atomic E-state index is 12.4. The minimum Gasteiger partial charge on any atom is -0.479 e. The van der Waals surface area contributed by atoms with Crippen molar-refractivity contribution < 1.29 is 27.8 Å². The van der Waals surface area contributed by atoms with Crippen LogP contribution in [0.1, 0.15) is 26.5 Å². The summed E-state index contributed by atoms with van der Waals surface area (Å²) in [5, 5.41) is 0. The van der Waals surface area contributed by atoms with Crippen LogP contribution in [0.15, 0.2) is 24.7 Å². The minimum atomic E-state index is -3.30. The van der Waals surface area contributed by atoms with E-state index in [2.05, 4.69) is 15.0 Å². The molecule has 1 atom stereocenters. The summed E-state index contributed by atoms with van der Waals surface area (Å²) < 4.78 is 41.0. The molecule has 1 aliphatic rings. The van der Waals surface area contributed by atoms with Crippen LogP contribution in [0.25, 0.3) is 11.2 Å². The Morgan fingerprint density at radius 3 is 2.73 bits per heavy atom. The van der Waals surface area contributed by atoms with Crippen LogP contribution in [-0.4, -0.2) is 46.2 Å². The van der Waals surface area contributed by atoms with E-state index in [9.17, 15) is 4.57 Å². The molecule has 10 nitrogen and oxygen atoms in total. The van der Waals surface area contributed by atoms with Gasteiger partial charge in [0.05, 0.1) is 20.3 Å². The van der Waals surface area contributed by atoms with Crippen molar-refractivity contribution in [3.05, 3.63) is 24.7 Å². The second-order valence-corrected chi connectivity index (χ2v) is 7.25. The lowest BCUT2D eigenvalue weighted by Gasteiger charge is -2.19. The molecule has 0 bridgehead atoms. The smallest absolute Gasteiger partial charge is 0.367 e. The molecule has 2 aromatic heterocycles. The van der Waals surface area contributed by atoms with Gasteiger partial charge in [-0.2, -0.15) is 4.98 Å². The van der Waals surface area contributed by atoms with Crippen LogP contribution >= 0.6 is 7.60 Å². The summed E-state index contributed by atoms with van der Waals surface area (Å²) in [6.07, 6.45) is 4.72. The first kappa shape index (κ1) is 18.6. The highest BCUT2D eigenvalue weighted by Crippen LogP contribution is 2.48. The summed E-state index contributed by atoms with van der Waals surface area (Å²) in [5.74, 6) is 0.656. The third kappa shape index (κ3) is 3.82. The van der Waals surface area contributed by atoms with E-state index in [0.717, 1.165) is 0 Å². The van der Waals surface area contributed by atoms with Crippen molar-refractivity contribution in [1.29, 1.82) is 0 Å². The number of nitrogens with zero attached hydrogens (tertiary/aromatic N) is 4. The molecule has 0 spiro atoms. The lowest BCUT2D eigenvalue weighted by Crippen LogP contribution is -2.09. The van der Waals surface area contributed by atoms with Crippen LogP contribution in [0.2, 0.25) is 0 Å². The minimum absolute atomic E-state index is 0.214. The van der Waals surface area contributed by atoms with Crippen LogP contribution in [0.5, 0.6) is 5.88 Å². The van der Waals surface area contributed by atoms with Gasteiger partial charge in [-0.3, -0.25) is 9.13 Å². The third-order valence-corrected chi connectivity index (χ3v) is 5.33. The average Bonchev–Trinajstić information content (AvgIpc) is 3.26. The molecule has 3 heterocycles. The standard InChI is InChI=1S/C15H21N4O6P/c1-4-23-26(20,24-5-2)10-22-12-7-6-11(25-12)19-9-18-13-14(19)16-8-17-15(13)21-3/h7-9,11H,4-6,10H2,1-3H3. The highest BCUT2D eigenvalue weighted by atomic mass is 31.2. The molecule has 26 heavy (non-hydrogen) atoms. The van der Waals surface area contributed by atoms with Crippen LogP contribution in [0, 0.1) is 0 Å². The Morgan fingerprint density at radius 1 is 1.27 bits per heavy atom. The first-order chi connectivity index (χ1) is 12.6. The Hall–Kier alpha value is -2.16. The van der Waals surface area contributed by atoms with Crippen molar-refractivity contribution in [2.75, 3.05) is 26.7 Å². The lowest BCUT2D eigenvalue weighted by molar-refractivity contribution is -0.00885. The molecular weight excluding hydrogens is 363 g/mol. The molecule has 0 fully saturated rings. The Balaban J connectivity index is 1.66. The first-order valence-corrected chi connectivity index (χ1v) is 9.92. The normalized spacial score (nSPS) is 17.2. The van der Waals surface area contributed by atoms with E-state index in [1.54, 1.807) is 30.8 Å². The molecule has 0 radical (unpaired) electrons. The molecule has 0 aromatic carbocycles. The fraction of sp³-hybridized carbons (Fsp3) is 0.533. The molecule has 0 saturated carbocycles. The number of rotatable bonds is 9. The van der Waals surface area contributed by atoms with Gasteiger partial charge < -0.3 is 23.3 Å². The van der Waals surface area contributed by atoms with E-state index in [1.807, 2.05) is 0 Å². The van der Waals surface area contributed by atoms with Gasteiger partial charge in [-0.25, -0.2) is 9.97 Å². The Kier molecular flexibility index (Phi) is 5.75. The zero-order chi connectivity index (χ0) is 18.6. The first-order valence-electron chi connectivity index (χ1n) is 8.19. The Morgan fingerprint density at radius 2 is 2.04 bits per heavy atom. The largest absolute Gasteiger partial charge is 0.479 e. The monoisotopic (exact) mass is 384 g/mol. The lowest BCUT2D eigenvalue weighted by atomic mass is 10.4. The molecule has 3 rings (SSSR count). The summed E-state index contributed by atoms with van der Waals surface area (Å²) in [6, 6.07) is 0. The Bertz CT molecular complexity index is 829. The second kappa shape index (κ2) is 8.03. The summed E-state index contributed by atoms with van der Waals surface area (Å²) in [7, 11) is -1.78. The molecule has 0 saturated heterocycles. The maximum absolute atomic E-state index is 12.4. The van der Waals surface area contributed by atoms with Crippen LogP contribution in [-0.2, 0) is 23.1 Å². The van der Waals surface area contributed by atoms with Gasteiger partial charge in [-0.15, -0.1) is 0 Å². The molecule has 0 amide bonds. The van der Waals surface area contributed by atoms with E-state index in [4.69, 9.17) is 23.3 Å². The van der Waals surface area contributed by atoms with Crippen LogP contribution in [0.4, 0.5) is 0 Å². The number of hydrogen-bond acceptors (Lipinski definition) is 9. The SMILES string of the molecule is CCOP(=O)(COC1=CCC(n2cnc3c(OC)ncnc32)O1)OCC. The number of fused-ring (bicyclic) bond motifs is 1. The molecule has 142 valence electrons. The number of imidazole rings is 1.